The van der Waals surface area contributed by atoms with Gasteiger partial charge in [0.2, 0.25) is 5.91 Å². The zero-order chi connectivity index (χ0) is 22.2. The van der Waals surface area contributed by atoms with Crippen molar-refractivity contribution in [2.24, 2.45) is 0 Å². The van der Waals surface area contributed by atoms with Crippen LogP contribution in [0.25, 0.3) is 11.0 Å². The van der Waals surface area contributed by atoms with Gasteiger partial charge in [-0.05, 0) is 74.4 Å². The first-order valence-electron chi connectivity index (χ1n) is 11.8. The van der Waals surface area contributed by atoms with E-state index < -0.39 is 0 Å². The third-order valence-electron chi connectivity index (χ3n) is 7.29. The van der Waals surface area contributed by atoms with Crippen LogP contribution >= 0.6 is 23.7 Å². The molecule has 1 amide bonds. The molecule has 0 aliphatic carbocycles. The summed E-state index contributed by atoms with van der Waals surface area (Å²) in [5.74, 6) is 0.420. The third kappa shape index (κ3) is 4.84. The zero-order valence-corrected chi connectivity index (χ0v) is 21.0. The molecule has 0 unspecified atom stereocenters. The maximum Gasteiger partial charge on any atom is 0.219 e. The molecule has 2 aromatic heterocycles. The van der Waals surface area contributed by atoms with Crippen molar-refractivity contribution in [3.63, 3.8) is 0 Å². The number of carbonyl (C=O) groups is 1. The quantitative estimate of drug-likeness (QED) is 0.443. The van der Waals surface area contributed by atoms with Crippen LogP contribution in [0.2, 0.25) is 0 Å². The molecular weight excluding hydrogens is 459 g/mol. The summed E-state index contributed by atoms with van der Waals surface area (Å²) in [4.78, 5) is 19.4. The van der Waals surface area contributed by atoms with Crippen molar-refractivity contribution in [1.82, 2.24) is 9.80 Å². The summed E-state index contributed by atoms with van der Waals surface area (Å²) < 4.78 is 19.1. The lowest BCUT2D eigenvalue weighted by molar-refractivity contribution is -0.129. The fourth-order valence-corrected chi connectivity index (χ4v) is 6.83. The smallest absolute Gasteiger partial charge is 0.219 e. The van der Waals surface area contributed by atoms with E-state index in [1.807, 2.05) is 28.6 Å². The average molecular weight is 491 g/mol. The molecule has 0 atom stereocenters. The highest BCUT2D eigenvalue weighted by atomic mass is 35.5. The van der Waals surface area contributed by atoms with Crippen LogP contribution in [0.1, 0.15) is 59.1 Å². The Labute approximate surface area is 205 Å². The number of nitrogens with zero attached hydrogens (tertiary/aromatic N) is 2. The number of thiophene rings is 1. The van der Waals surface area contributed by atoms with Crippen LogP contribution in [-0.4, -0.2) is 41.9 Å². The molecule has 7 heteroatoms. The van der Waals surface area contributed by atoms with Gasteiger partial charge in [0.05, 0.1) is 6.26 Å². The van der Waals surface area contributed by atoms with Crippen LogP contribution in [0.5, 0.6) is 0 Å². The van der Waals surface area contributed by atoms with E-state index in [-0.39, 0.29) is 24.1 Å². The molecule has 1 fully saturated rings. The first kappa shape index (κ1) is 24.2. The number of likely N-dealkylation sites (tertiary alicyclic amines) is 1. The molecule has 0 bridgehead atoms. The number of benzene rings is 1. The Balaban J connectivity index is 0.00000259. The number of furan rings is 1. The van der Waals surface area contributed by atoms with E-state index in [1.165, 1.54) is 38.6 Å². The number of hydrogen-bond acceptors (Lipinski definition) is 4. The largest absolute Gasteiger partial charge is 0.464 e. The van der Waals surface area contributed by atoms with Gasteiger partial charge in [0.15, 0.2) is 0 Å². The van der Waals surface area contributed by atoms with E-state index in [4.69, 9.17) is 4.42 Å². The number of amides is 1. The first-order valence-corrected chi connectivity index (χ1v) is 12.6. The highest BCUT2D eigenvalue weighted by Gasteiger charge is 2.26. The monoisotopic (exact) mass is 490 g/mol. The van der Waals surface area contributed by atoms with Gasteiger partial charge in [-0.3, -0.25) is 4.79 Å². The van der Waals surface area contributed by atoms with Gasteiger partial charge >= 0.3 is 0 Å². The molecule has 178 valence electrons. The Morgan fingerprint density at radius 3 is 2.76 bits per heavy atom. The van der Waals surface area contributed by atoms with Crippen LogP contribution in [-0.2, 0) is 30.6 Å². The van der Waals surface area contributed by atoms with Gasteiger partial charge in [0.25, 0.3) is 0 Å². The third-order valence-corrected chi connectivity index (χ3v) is 8.68. The highest BCUT2D eigenvalue weighted by Crippen LogP contribution is 2.36. The summed E-state index contributed by atoms with van der Waals surface area (Å²) in [6, 6.07) is 4.86. The highest BCUT2D eigenvalue weighted by molar-refractivity contribution is 7.12. The Bertz CT molecular complexity index is 1130. The number of rotatable bonds is 5. The van der Waals surface area contributed by atoms with E-state index >= 15 is 0 Å². The minimum absolute atomic E-state index is 0. The Morgan fingerprint density at radius 2 is 2.03 bits per heavy atom. The summed E-state index contributed by atoms with van der Waals surface area (Å²) in [5.41, 5.74) is 4.80. The predicted molar refractivity (Wildman–Crippen MR) is 134 cm³/mol. The van der Waals surface area contributed by atoms with E-state index in [0.29, 0.717) is 11.5 Å². The van der Waals surface area contributed by atoms with Gasteiger partial charge in [-0.1, -0.05) is 6.92 Å². The lowest BCUT2D eigenvalue weighted by Crippen LogP contribution is -2.34. The van der Waals surface area contributed by atoms with Gasteiger partial charge in [-0.15, -0.1) is 23.7 Å². The van der Waals surface area contributed by atoms with E-state index in [0.717, 1.165) is 70.2 Å². The Morgan fingerprint density at radius 1 is 1.24 bits per heavy atom. The van der Waals surface area contributed by atoms with Crippen molar-refractivity contribution < 1.29 is 13.6 Å². The molecular formula is C26H32ClFN2O2S. The van der Waals surface area contributed by atoms with Crippen molar-refractivity contribution in [1.29, 1.82) is 0 Å². The van der Waals surface area contributed by atoms with Crippen LogP contribution in [0.15, 0.2) is 28.9 Å². The maximum absolute atomic E-state index is 13.5. The predicted octanol–water partition coefficient (Wildman–Crippen LogP) is 5.94. The molecule has 0 N–H and O–H groups in total. The molecule has 0 spiro atoms. The molecule has 0 radical (unpaired) electrons. The summed E-state index contributed by atoms with van der Waals surface area (Å²) in [6.45, 7) is 8.83. The normalized spacial score (nSPS) is 17.2. The van der Waals surface area contributed by atoms with Gasteiger partial charge in [0.1, 0.15) is 11.4 Å². The number of halogens is 2. The standard InChI is InChI=1S/C26H31FN2O2S.ClH/c1-3-20-22-15-29(17(2)30)13-9-26(22)32-25(20)8-12-28-10-6-18(7-11-28)23-16-31-24-14-19(27)4-5-21(23)24;/h4-5,14,16,18H,3,6-13,15H2,1-2H3;1H. The van der Waals surface area contributed by atoms with E-state index in [1.54, 1.807) is 6.92 Å². The maximum atomic E-state index is 13.5. The van der Waals surface area contributed by atoms with Crippen molar-refractivity contribution >= 4 is 40.6 Å². The molecule has 4 nitrogen and oxygen atoms in total. The summed E-state index contributed by atoms with van der Waals surface area (Å²) >= 11 is 1.98. The van der Waals surface area contributed by atoms with Crippen molar-refractivity contribution in [3.8, 4) is 0 Å². The number of fused-ring (bicyclic) bond motifs is 2. The molecule has 2 aliphatic rings. The van der Waals surface area contributed by atoms with Gasteiger partial charge in [0, 0.05) is 53.3 Å². The number of piperidine rings is 1. The SMILES string of the molecule is CCc1c(CCN2CCC(c3coc4cc(F)ccc34)CC2)sc2c1CN(C(C)=O)CC2.Cl. The fourth-order valence-electron chi connectivity index (χ4n) is 5.45. The summed E-state index contributed by atoms with van der Waals surface area (Å²) in [6.07, 6.45) is 7.20. The number of carbonyl (C=O) groups excluding carboxylic acids is 1. The molecule has 33 heavy (non-hydrogen) atoms. The number of hydrogen-bond donors (Lipinski definition) is 0. The lowest BCUT2D eigenvalue weighted by atomic mass is 9.89. The van der Waals surface area contributed by atoms with Gasteiger partial charge in [-0.25, -0.2) is 4.39 Å². The second-order valence-electron chi connectivity index (χ2n) is 9.15. The minimum atomic E-state index is -0.246. The Hall–Kier alpha value is -1.89. The Kier molecular flexibility index (Phi) is 7.46. The van der Waals surface area contributed by atoms with Crippen molar-refractivity contribution in [2.45, 2.75) is 58.4 Å². The van der Waals surface area contributed by atoms with Crippen molar-refractivity contribution in [2.75, 3.05) is 26.2 Å². The van der Waals surface area contributed by atoms with Gasteiger partial charge in [-0.2, -0.15) is 0 Å². The summed E-state index contributed by atoms with van der Waals surface area (Å²) in [7, 11) is 0. The molecule has 3 aromatic rings. The summed E-state index contributed by atoms with van der Waals surface area (Å²) in [5, 5.41) is 1.06. The molecule has 4 heterocycles. The minimum Gasteiger partial charge on any atom is -0.464 e. The molecule has 0 saturated carbocycles. The molecule has 1 aromatic carbocycles. The molecule has 5 rings (SSSR count). The molecule has 2 aliphatic heterocycles. The van der Waals surface area contributed by atoms with E-state index in [2.05, 4.69) is 11.8 Å². The van der Waals surface area contributed by atoms with Crippen molar-refractivity contribution in [3.05, 3.63) is 56.7 Å². The first-order chi connectivity index (χ1) is 15.5. The zero-order valence-electron chi connectivity index (χ0n) is 19.4. The second-order valence-corrected chi connectivity index (χ2v) is 10.3. The fraction of sp³-hybridized carbons (Fsp3) is 0.500. The van der Waals surface area contributed by atoms with Crippen LogP contribution in [0.3, 0.4) is 0 Å². The van der Waals surface area contributed by atoms with Gasteiger partial charge < -0.3 is 14.2 Å². The lowest BCUT2D eigenvalue weighted by Gasteiger charge is -2.31. The topological polar surface area (TPSA) is 36.7 Å². The van der Waals surface area contributed by atoms with Crippen LogP contribution < -0.4 is 0 Å². The average Bonchev–Trinajstić information content (AvgIpc) is 3.37. The van der Waals surface area contributed by atoms with E-state index in [9.17, 15) is 9.18 Å². The second kappa shape index (κ2) is 10.2. The molecule has 1 saturated heterocycles. The van der Waals surface area contributed by atoms with Crippen LogP contribution in [0, 0.1) is 5.82 Å². The van der Waals surface area contributed by atoms with Crippen LogP contribution in [0.4, 0.5) is 4.39 Å².